The molecule has 1 aromatic rings. The van der Waals surface area contributed by atoms with E-state index in [4.69, 9.17) is 4.74 Å². The molecule has 0 fully saturated rings. The lowest BCUT2D eigenvalue weighted by molar-refractivity contribution is -0.117. The lowest BCUT2D eigenvalue weighted by Crippen LogP contribution is -2.33. The number of carbonyl (C=O) groups is 2. The van der Waals surface area contributed by atoms with Crippen LogP contribution >= 0.6 is 0 Å². The average Bonchev–Trinajstić information content (AvgIpc) is 2.37. The zero-order valence-corrected chi connectivity index (χ0v) is 12.1. The highest BCUT2D eigenvalue weighted by molar-refractivity contribution is 5.98. The van der Waals surface area contributed by atoms with Crippen LogP contribution in [0.15, 0.2) is 18.2 Å². The van der Waals surface area contributed by atoms with Gasteiger partial charge >= 0.3 is 0 Å². The molecule has 5 nitrogen and oxygen atoms in total. The van der Waals surface area contributed by atoms with E-state index in [1.807, 2.05) is 19.9 Å². The summed E-state index contributed by atoms with van der Waals surface area (Å²) in [6.45, 7) is 4.99. The Balaban J connectivity index is 2.23. The van der Waals surface area contributed by atoms with Crippen LogP contribution in [-0.4, -0.2) is 32.1 Å². The lowest BCUT2D eigenvalue weighted by Gasteiger charge is -2.32. The summed E-state index contributed by atoms with van der Waals surface area (Å²) in [6, 6.07) is 5.37. The Hall–Kier alpha value is -1.88. The number of anilines is 1. The van der Waals surface area contributed by atoms with Crippen molar-refractivity contribution in [1.82, 2.24) is 5.32 Å². The molecule has 0 saturated carbocycles. The van der Waals surface area contributed by atoms with Gasteiger partial charge in [-0.25, -0.2) is 0 Å². The third-order valence-electron chi connectivity index (χ3n) is 3.48. The first kappa shape index (κ1) is 14.5. The number of carbonyl (C=O) groups excluding carboxylic acids is 2. The number of hydrogen-bond acceptors (Lipinski definition) is 3. The fourth-order valence-corrected chi connectivity index (χ4v) is 2.41. The standard InChI is InChI=1S/C15H20N2O3/c1-15(2)9-13(18)17-12-5-4-10(8-11(12)15)14(19)16-6-7-20-3/h4-5,8H,6-7,9H2,1-3H3,(H,16,19)(H,17,18). The van der Waals surface area contributed by atoms with Gasteiger partial charge in [0, 0.05) is 36.7 Å². The lowest BCUT2D eigenvalue weighted by atomic mass is 9.77. The van der Waals surface area contributed by atoms with Crippen LogP contribution in [0.3, 0.4) is 0 Å². The highest BCUT2D eigenvalue weighted by atomic mass is 16.5. The molecule has 1 aromatic carbocycles. The number of ether oxygens (including phenoxy) is 1. The summed E-state index contributed by atoms with van der Waals surface area (Å²) < 4.78 is 4.90. The third-order valence-corrected chi connectivity index (χ3v) is 3.48. The minimum absolute atomic E-state index is 0.0137. The molecule has 0 spiro atoms. The molecule has 0 aliphatic carbocycles. The monoisotopic (exact) mass is 276 g/mol. The first-order valence-electron chi connectivity index (χ1n) is 6.65. The van der Waals surface area contributed by atoms with Crippen LogP contribution in [-0.2, 0) is 14.9 Å². The molecule has 2 rings (SSSR count). The number of methoxy groups -OCH3 is 1. The second-order valence-corrected chi connectivity index (χ2v) is 5.62. The van der Waals surface area contributed by atoms with E-state index in [1.165, 1.54) is 0 Å². The fourth-order valence-electron chi connectivity index (χ4n) is 2.41. The first-order chi connectivity index (χ1) is 9.44. The number of benzene rings is 1. The summed E-state index contributed by atoms with van der Waals surface area (Å²) in [4.78, 5) is 23.7. The van der Waals surface area contributed by atoms with Crippen LogP contribution in [0.4, 0.5) is 5.69 Å². The number of fused-ring (bicyclic) bond motifs is 1. The first-order valence-corrected chi connectivity index (χ1v) is 6.65. The summed E-state index contributed by atoms with van der Waals surface area (Å²) in [7, 11) is 1.59. The minimum Gasteiger partial charge on any atom is -0.383 e. The molecule has 5 heteroatoms. The summed E-state index contributed by atoms with van der Waals surface area (Å²) >= 11 is 0. The maximum atomic E-state index is 12.0. The molecule has 1 aliphatic heterocycles. The third kappa shape index (κ3) is 2.99. The average molecular weight is 276 g/mol. The fraction of sp³-hybridized carbons (Fsp3) is 0.467. The molecule has 1 heterocycles. The van der Waals surface area contributed by atoms with E-state index in [0.717, 1.165) is 11.3 Å². The van der Waals surface area contributed by atoms with Crippen LogP contribution in [0.1, 0.15) is 36.2 Å². The van der Waals surface area contributed by atoms with Crippen molar-refractivity contribution < 1.29 is 14.3 Å². The number of hydrogen-bond donors (Lipinski definition) is 2. The van der Waals surface area contributed by atoms with Crippen molar-refractivity contribution in [3.8, 4) is 0 Å². The molecule has 0 aromatic heterocycles. The topological polar surface area (TPSA) is 67.4 Å². The van der Waals surface area contributed by atoms with E-state index in [1.54, 1.807) is 19.2 Å². The molecule has 0 unspecified atom stereocenters. The Morgan fingerprint density at radius 1 is 1.45 bits per heavy atom. The molecular formula is C15H20N2O3. The van der Waals surface area contributed by atoms with Gasteiger partial charge in [-0.3, -0.25) is 9.59 Å². The predicted octanol–water partition coefficient (Wildman–Crippen LogP) is 1.68. The molecule has 0 saturated heterocycles. The van der Waals surface area contributed by atoms with Crippen molar-refractivity contribution in [2.24, 2.45) is 0 Å². The molecule has 0 bridgehead atoms. The van der Waals surface area contributed by atoms with E-state index in [9.17, 15) is 9.59 Å². The smallest absolute Gasteiger partial charge is 0.251 e. The van der Waals surface area contributed by atoms with Gasteiger partial charge in [-0.15, -0.1) is 0 Å². The molecule has 20 heavy (non-hydrogen) atoms. The Bertz CT molecular complexity index is 538. The highest BCUT2D eigenvalue weighted by Gasteiger charge is 2.32. The molecule has 0 atom stereocenters. The van der Waals surface area contributed by atoms with Gasteiger partial charge in [-0.05, 0) is 23.8 Å². The highest BCUT2D eigenvalue weighted by Crippen LogP contribution is 2.37. The molecule has 2 amide bonds. The molecule has 2 N–H and O–H groups in total. The second-order valence-electron chi connectivity index (χ2n) is 5.62. The van der Waals surface area contributed by atoms with E-state index in [2.05, 4.69) is 10.6 Å². The number of rotatable bonds is 4. The maximum absolute atomic E-state index is 12.0. The van der Waals surface area contributed by atoms with Crippen molar-refractivity contribution in [2.75, 3.05) is 25.6 Å². The molecule has 0 radical (unpaired) electrons. The Labute approximate surface area is 118 Å². The molecular weight excluding hydrogens is 256 g/mol. The Morgan fingerprint density at radius 2 is 2.20 bits per heavy atom. The SMILES string of the molecule is COCCNC(=O)c1ccc2c(c1)C(C)(C)CC(=O)N2. The van der Waals surface area contributed by atoms with Gasteiger partial charge in [0.05, 0.1) is 6.61 Å². The van der Waals surface area contributed by atoms with Gasteiger partial charge in [0.15, 0.2) is 0 Å². The van der Waals surface area contributed by atoms with Crippen molar-refractivity contribution in [3.63, 3.8) is 0 Å². The van der Waals surface area contributed by atoms with E-state index in [0.29, 0.717) is 25.1 Å². The van der Waals surface area contributed by atoms with Crippen molar-refractivity contribution in [3.05, 3.63) is 29.3 Å². The van der Waals surface area contributed by atoms with E-state index >= 15 is 0 Å². The molecule has 1 aliphatic rings. The van der Waals surface area contributed by atoms with Gasteiger partial charge in [-0.1, -0.05) is 13.8 Å². The van der Waals surface area contributed by atoms with Gasteiger partial charge in [0.2, 0.25) is 5.91 Å². The summed E-state index contributed by atoms with van der Waals surface area (Å²) in [6.07, 6.45) is 0.425. The van der Waals surface area contributed by atoms with Crippen LogP contribution in [0.5, 0.6) is 0 Å². The van der Waals surface area contributed by atoms with Gasteiger partial charge in [0.25, 0.3) is 5.91 Å². The van der Waals surface area contributed by atoms with Gasteiger partial charge in [-0.2, -0.15) is 0 Å². The Kier molecular flexibility index (Phi) is 4.09. The Morgan fingerprint density at radius 3 is 2.90 bits per heavy atom. The van der Waals surface area contributed by atoms with Gasteiger partial charge < -0.3 is 15.4 Å². The van der Waals surface area contributed by atoms with E-state index < -0.39 is 0 Å². The van der Waals surface area contributed by atoms with Gasteiger partial charge in [0.1, 0.15) is 0 Å². The van der Waals surface area contributed by atoms with E-state index in [-0.39, 0.29) is 17.2 Å². The molecule has 108 valence electrons. The van der Waals surface area contributed by atoms with Crippen LogP contribution in [0.25, 0.3) is 0 Å². The number of nitrogens with one attached hydrogen (secondary N) is 2. The van der Waals surface area contributed by atoms with Crippen molar-refractivity contribution in [2.45, 2.75) is 25.7 Å². The quantitative estimate of drug-likeness (QED) is 0.822. The normalized spacial score (nSPS) is 16.2. The maximum Gasteiger partial charge on any atom is 0.251 e. The minimum atomic E-state index is -0.263. The predicted molar refractivity (Wildman–Crippen MR) is 76.9 cm³/mol. The van der Waals surface area contributed by atoms with Crippen molar-refractivity contribution in [1.29, 1.82) is 0 Å². The largest absolute Gasteiger partial charge is 0.383 e. The summed E-state index contributed by atoms with van der Waals surface area (Å²) in [5.41, 5.74) is 2.13. The summed E-state index contributed by atoms with van der Waals surface area (Å²) in [5.74, 6) is -0.114. The van der Waals surface area contributed by atoms with Crippen LogP contribution in [0.2, 0.25) is 0 Å². The second kappa shape index (κ2) is 5.63. The number of amides is 2. The van der Waals surface area contributed by atoms with Crippen LogP contribution in [0, 0.1) is 0 Å². The zero-order chi connectivity index (χ0) is 14.8. The zero-order valence-electron chi connectivity index (χ0n) is 12.1. The van der Waals surface area contributed by atoms with Crippen molar-refractivity contribution >= 4 is 17.5 Å². The van der Waals surface area contributed by atoms with Crippen LogP contribution < -0.4 is 10.6 Å². The summed E-state index contributed by atoms with van der Waals surface area (Å²) in [5, 5.41) is 5.63.